The highest BCUT2D eigenvalue weighted by Gasteiger charge is 2.24. The fourth-order valence-corrected chi connectivity index (χ4v) is 3.52. The lowest BCUT2D eigenvalue weighted by Crippen LogP contribution is -2.21. The SMILES string of the molecule is [B]c1c2c(nn1C)N(c1c(C)cc(C)cc1C)CCCC2. The molecule has 0 aliphatic carbocycles. The van der Waals surface area contributed by atoms with Gasteiger partial charge in [-0.15, -0.1) is 0 Å². The fourth-order valence-electron chi connectivity index (χ4n) is 3.52. The summed E-state index contributed by atoms with van der Waals surface area (Å²) in [5.41, 5.74) is 7.23. The topological polar surface area (TPSA) is 21.1 Å². The zero-order valence-corrected chi connectivity index (χ0v) is 13.4. The van der Waals surface area contributed by atoms with E-state index in [1.165, 1.54) is 40.8 Å². The second-order valence-electron chi connectivity index (χ2n) is 6.17. The van der Waals surface area contributed by atoms with Crippen molar-refractivity contribution in [3.63, 3.8) is 0 Å². The third kappa shape index (κ3) is 2.37. The molecule has 21 heavy (non-hydrogen) atoms. The van der Waals surface area contributed by atoms with Gasteiger partial charge in [-0.2, -0.15) is 5.10 Å². The van der Waals surface area contributed by atoms with Crippen molar-refractivity contribution >= 4 is 24.9 Å². The van der Waals surface area contributed by atoms with E-state index in [9.17, 15) is 0 Å². The maximum atomic E-state index is 6.21. The molecule has 2 radical (unpaired) electrons. The zero-order chi connectivity index (χ0) is 15.1. The van der Waals surface area contributed by atoms with Gasteiger partial charge in [-0.1, -0.05) is 17.7 Å². The van der Waals surface area contributed by atoms with Gasteiger partial charge in [0.15, 0.2) is 5.82 Å². The molecule has 1 aromatic carbocycles. The average Bonchev–Trinajstić information content (AvgIpc) is 2.58. The van der Waals surface area contributed by atoms with E-state index in [0.717, 1.165) is 24.4 Å². The molecule has 0 N–H and O–H groups in total. The van der Waals surface area contributed by atoms with Crippen LogP contribution >= 0.6 is 0 Å². The molecule has 0 saturated heterocycles. The largest absolute Gasteiger partial charge is 0.324 e. The van der Waals surface area contributed by atoms with Gasteiger partial charge in [0, 0.05) is 24.8 Å². The summed E-state index contributed by atoms with van der Waals surface area (Å²) < 4.78 is 1.81. The Labute approximate surface area is 128 Å². The minimum Gasteiger partial charge on any atom is -0.324 e. The zero-order valence-electron chi connectivity index (χ0n) is 13.4. The van der Waals surface area contributed by atoms with Crippen LogP contribution in [-0.4, -0.2) is 24.2 Å². The van der Waals surface area contributed by atoms with Crippen LogP contribution in [0.5, 0.6) is 0 Å². The Bertz CT molecular complexity index is 665. The van der Waals surface area contributed by atoms with Crippen LogP contribution in [0.4, 0.5) is 11.5 Å². The molecule has 0 amide bonds. The van der Waals surface area contributed by atoms with Crippen molar-refractivity contribution in [2.45, 2.75) is 40.0 Å². The Kier molecular flexibility index (Phi) is 3.56. The Hall–Kier alpha value is -1.71. The van der Waals surface area contributed by atoms with E-state index in [4.69, 9.17) is 12.9 Å². The molecular formula is C17H22BN3. The summed E-state index contributed by atoms with van der Waals surface area (Å²) >= 11 is 0. The van der Waals surface area contributed by atoms with Gasteiger partial charge in [-0.3, -0.25) is 4.68 Å². The van der Waals surface area contributed by atoms with E-state index in [0.29, 0.717) is 0 Å². The number of anilines is 2. The summed E-state index contributed by atoms with van der Waals surface area (Å²) in [7, 11) is 8.13. The third-order valence-corrected chi connectivity index (χ3v) is 4.39. The number of fused-ring (bicyclic) bond motifs is 1. The first-order chi connectivity index (χ1) is 9.99. The van der Waals surface area contributed by atoms with Crippen molar-refractivity contribution in [2.75, 3.05) is 11.4 Å². The van der Waals surface area contributed by atoms with Crippen molar-refractivity contribution in [1.29, 1.82) is 0 Å². The molecule has 0 atom stereocenters. The molecule has 1 aliphatic heterocycles. The lowest BCUT2D eigenvalue weighted by Gasteiger charge is -2.26. The van der Waals surface area contributed by atoms with Crippen LogP contribution in [0.1, 0.15) is 35.1 Å². The number of hydrogen-bond donors (Lipinski definition) is 0. The lowest BCUT2D eigenvalue weighted by molar-refractivity contribution is 0.733. The number of aromatic nitrogens is 2. The Morgan fingerprint density at radius 2 is 1.76 bits per heavy atom. The third-order valence-electron chi connectivity index (χ3n) is 4.39. The normalized spacial score (nSPS) is 15.0. The van der Waals surface area contributed by atoms with Crippen LogP contribution < -0.4 is 10.5 Å². The highest BCUT2D eigenvalue weighted by molar-refractivity contribution is 6.32. The van der Waals surface area contributed by atoms with Crippen molar-refractivity contribution in [2.24, 2.45) is 7.05 Å². The molecule has 2 heterocycles. The van der Waals surface area contributed by atoms with Gasteiger partial charge >= 0.3 is 0 Å². The van der Waals surface area contributed by atoms with E-state index in [2.05, 4.69) is 37.8 Å². The molecule has 4 heteroatoms. The first-order valence-electron chi connectivity index (χ1n) is 7.65. The molecule has 0 saturated carbocycles. The van der Waals surface area contributed by atoms with Gasteiger partial charge in [0.25, 0.3) is 0 Å². The van der Waals surface area contributed by atoms with Crippen LogP contribution in [0, 0.1) is 20.8 Å². The number of benzene rings is 1. The smallest absolute Gasteiger partial charge is 0.157 e. The minimum atomic E-state index is 0.805. The summed E-state index contributed by atoms with van der Waals surface area (Å²) in [5.74, 6) is 1.04. The predicted molar refractivity (Wildman–Crippen MR) is 89.2 cm³/mol. The predicted octanol–water partition coefficient (Wildman–Crippen LogP) is 2.61. The molecule has 0 bridgehead atoms. The summed E-state index contributed by atoms with van der Waals surface area (Å²) in [4.78, 5) is 2.36. The fraction of sp³-hybridized carbons (Fsp3) is 0.471. The molecule has 3 nitrogen and oxygen atoms in total. The number of rotatable bonds is 1. The number of nitrogens with zero attached hydrogens (tertiary/aromatic N) is 3. The second-order valence-corrected chi connectivity index (χ2v) is 6.17. The monoisotopic (exact) mass is 279 g/mol. The standard InChI is InChI=1S/C17H22BN3/c1-11-9-12(2)15(13(3)10-11)21-8-6-5-7-14-16(18)20(4)19-17(14)21/h9-10H,5-8H2,1-4H3. The van der Waals surface area contributed by atoms with Crippen LogP contribution in [-0.2, 0) is 13.5 Å². The van der Waals surface area contributed by atoms with Crippen molar-refractivity contribution in [1.82, 2.24) is 9.78 Å². The van der Waals surface area contributed by atoms with Crippen molar-refractivity contribution in [3.8, 4) is 0 Å². The Morgan fingerprint density at radius 1 is 1.10 bits per heavy atom. The van der Waals surface area contributed by atoms with Gasteiger partial charge in [0.2, 0.25) is 0 Å². The maximum absolute atomic E-state index is 6.21. The quantitative estimate of drug-likeness (QED) is 0.748. The molecule has 108 valence electrons. The molecular weight excluding hydrogens is 257 g/mol. The molecule has 3 rings (SSSR count). The van der Waals surface area contributed by atoms with Gasteiger partial charge in [0.1, 0.15) is 7.85 Å². The van der Waals surface area contributed by atoms with E-state index >= 15 is 0 Å². The molecule has 1 aliphatic rings. The van der Waals surface area contributed by atoms with E-state index < -0.39 is 0 Å². The van der Waals surface area contributed by atoms with Crippen molar-refractivity contribution < 1.29 is 0 Å². The van der Waals surface area contributed by atoms with E-state index in [-0.39, 0.29) is 0 Å². The van der Waals surface area contributed by atoms with Crippen LogP contribution in [0.25, 0.3) is 0 Å². The lowest BCUT2D eigenvalue weighted by atomic mass is 9.96. The number of aryl methyl sites for hydroxylation is 4. The second kappa shape index (κ2) is 5.25. The number of hydrogen-bond acceptors (Lipinski definition) is 2. The van der Waals surface area contributed by atoms with Crippen molar-refractivity contribution in [3.05, 3.63) is 34.4 Å². The first-order valence-corrected chi connectivity index (χ1v) is 7.65. The maximum Gasteiger partial charge on any atom is 0.157 e. The minimum absolute atomic E-state index is 0.805. The average molecular weight is 279 g/mol. The summed E-state index contributed by atoms with van der Waals surface area (Å²) in [6.07, 6.45) is 3.37. The summed E-state index contributed by atoms with van der Waals surface area (Å²) in [6, 6.07) is 4.50. The van der Waals surface area contributed by atoms with Gasteiger partial charge in [-0.05, 0) is 56.8 Å². The molecule has 1 aromatic heterocycles. The van der Waals surface area contributed by atoms with E-state index in [1.807, 2.05) is 11.7 Å². The molecule has 0 spiro atoms. The molecule has 0 unspecified atom stereocenters. The first kappa shape index (κ1) is 14.2. The Balaban J connectivity index is 2.18. The van der Waals surface area contributed by atoms with Gasteiger partial charge in [-0.25, -0.2) is 0 Å². The molecule has 2 aromatic rings. The van der Waals surface area contributed by atoms with Gasteiger partial charge in [0.05, 0.1) is 0 Å². The van der Waals surface area contributed by atoms with Gasteiger partial charge < -0.3 is 4.90 Å². The van der Waals surface area contributed by atoms with Crippen LogP contribution in [0.2, 0.25) is 0 Å². The van der Waals surface area contributed by atoms with E-state index in [1.54, 1.807) is 0 Å². The summed E-state index contributed by atoms with van der Waals surface area (Å²) in [6.45, 7) is 7.53. The molecule has 0 fully saturated rings. The van der Waals surface area contributed by atoms with Crippen LogP contribution in [0.3, 0.4) is 0 Å². The highest BCUT2D eigenvalue weighted by Crippen LogP contribution is 2.35. The highest BCUT2D eigenvalue weighted by atomic mass is 15.3. The Morgan fingerprint density at radius 3 is 2.43 bits per heavy atom. The van der Waals surface area contributed by atoms with Crippen LogP contribution in [0.15, 0.2) is 12.1 Å². The summed E-state index contributed by atoms with van der Waals surface area (Å²) in [5, 5.41) is 4.69.